The number of urea groups is 1. The number of anilines is 1. The number of hydrogen-bond donors (Lipinski definition) is 1. The van der Waals surface area contributed by atoms with Crippen LogP contribution in [0.5, 0.6) is 17.2 Å². The molecule has 3 heterocycles. The molecule has 3 saturated heterocycles. The van der Waals surface area contributed by atoms with E-state index >= 15 is 0 Å². The Hall–Kier alpha value is -4.77. The van der Waals surface area contributed by atoms with Crippen LogP contribution in [0.15, 0.2) is 78.9 Å². The number of imide groups is 1. The molecule has 41 heavy (non-hydrogen) atoms. The number of carbonyl (C=O) groups excluding carboxylic acids is 3. The van der Waals surface area contributed by atoms with Gasteiger partial charge in [-0.3, -0.25) is 9.69 Å². The molecular formula is C30H31N5O6. The van der Waals surface area contributed by atoms with E-state index < -0.39 is 24.1 Å². The van der Waals surface area contributed by atoms with Crippen LogP contribution >= 0.6 is 0 Å². The summed E-state index contributed by atoms with van der Waals surface area (Å²) in [6.07, 6.45) is -0.716. The Morgan fingerprint density at radius 1 is 0.805 bits per heavy atom. The molecule has 3 fully saturated rings. The number of amides is 4. The number of para-hydroxylation sites is 1. The van der Waals surface area contributed by atoms with Gasteiger partial charge in [-0.15, -0.1) is 0 Å². The highest BCUT2D eigenvalue weighted by molar-refractivity contribution is 6.04. The van der Waals surface area contributed by atoms with Gasteiger partial charge in [-0.05, 0) is 54.1 Å². The number of phenolic OH excluding ortho intramolecular Hbond substituents is 1. The molecule has 0 saturated carbocycles. The number of benzene rings is 3. The van der Waals surface area contributed by atoms with Crippen molar-refractivity contribution in [3.63, 3.8) is 0 Å². The predicted octanol–water partition coefficient (Wildman–Crippen LogP) is 3.51. The van der Waals surface area contributed by atoms with Crippen LogP contribution in [0.25, 0.3) is 0 Å². The molecule has 0 radical (unpaired) electrons. The SMILES string of the molecule is O=C(ON1C(=O)C2CN(Cc3ccc(Oc4ccccc4)cc3)CCN2C1=O)N1CCN(c2ccc(O)cc2)CC1. The fourth-order valence-electron chi connectivity index (χ4n) is 5.35. The molecule has 0 bridgehead atoms. The lowest BCUT2D eigenvalue weighted by Gasteiger charge is -2.35. The van der Waals surface area contributed by atoms with E-state index in [1.54, 1.807) is 12.1 Å². The Kier molecular flexibility index (Phi) is 7.34. The van der Waals surface area contributed by atoms with Crippen molar-refractivity contribution in [1.29, 1.82) is 0 Å². The highest BCUT2D eigenvalue weighted by Crippen LogP contribution is 2.26. The van der Waals surface area contributed by atoms with Crippen molar-refractivity contribution < 1.29 is 29.1 Å². The average molecular weight is 558 g/mol. The standard InChI is InChI=1S/C30H31N5O6/c36-24-10-8-23(9-11-24)32-15-17-33(18-16-32)30(39)41-35-28(37)27-21-31(14-19-34(27)29(35)38)20-22-6-12-26(13-7-22)40-25-4-2-1-3-5-25/h1-13,27,36H,14-21H2. The number of fused-ring (bicyclic) bond motifs is 1. The minimum atomic E-state index is -0.716. The van der Waals surface area contributed by atoms with Crippen LogP contribution in [0.2, 0.25) is 0 Å². The summed E-state index contributed by atoms with van der Waals surface area (Å²) in [6, 6.07) is 22.9. The summed E-state index contributed by atoms with van der Waals surface area (Å²) < 4.78 is 5.86. The molecule has 1 atom stereocenters. The van der Waals surface area contributed by atoms with Crippen molar-refractivity contribution in [2.75, 3.05) is 50.7 Å². The monoisotopic (exact) mass is 557 g/mol. The zero-order chi connectivity index (χ0) is 28.3. The lowest BCUT2D eigenvalue weighted by Crippen LogP contribution is -2.52. The van der Waals surface area contributed by atoms with Gasteiger partial charge in [0.25, 0.3) is 5.91 Å². The van der Waals surface area contributed by atoms with Gasteiger partial charge in [0.05, 0.1) is 0 Å². The third-order valence-corrected chi connectivity index (χ3v) is 7.60. The minimum absolute atomic E-state index is 0.193. The maximum absolute atomic E-state index is 13.1. The average Bonchev–Trinajstić information content (AvgIpc) is 3.23. The largest absolute Gasteiger partial charge is 0.508 e. The number of nitrogens with zero attached hydrogens (tertiary/aromatic N) is 5. The molecule has 4 amide bonds. The van der Waals surface area contributed by atoms with Gasteiger partial charge in [-0.1, -0.05) is 35.4 Å². The first-order valence-corrected chi connectivity index (χ1v) is 13.6. The summed E-state index contributed by atoms with van der Waals surface area (Å²) in [5, 5.41) is 10.1. The van der Waals surface area contributed by atoms with Crippen molar-refractivity contribution in [3.8, 4) is 17.2 Å². The molecule has 0 spiro atoms. The van der Waals surface area contributed by atoms with Crippen molar-refractivity contribution >= 4 is 23.7 Å². The molecule has 3 aromatic carbocycles. The van der Waals surface area contributed by atoms with Crippen LogP contribution in [0.4, 0.5) is 15.3 Å². The number of hydrogen-bond acceptors (Lipinski definition) is 8. The van der Waals surface area contributed by atoms with Crippen molar-refractivity contribution in [2.24, 2.45) is 0 Å². The maximum Gasteiger partial charge on any atom is 0.434 e. The van der Waals surface area contributed by atoms with E-state index in [-0.39, 0.29) is 5.75 Å². The van der Waals surface area contributed by atoms with E-state index in [2.05, 4.69) is 9.80 Å². The summed E-state index contributed by atoms with van der Waals surface area (Å²) in [6.45, 7) is 3.81. The number of aromatic hydroxyl groups is 1. The van der Waals surface area contributed by atoms with Crippen LogP contribution < -0.4 is 9.64 Å². The van der Waals surface area contributed by atoms with Crippen LogP contribution in [-0.2, 0) is 16.2 Å². The first-order chi connectivity index (χ1) is 19.9. The second kappa shape index (κ2) is 11.4. The molecule has 11 nitrogen and oxygen atoms in total. The molecule has 1 unspecified atom stereocenters. The zero-order valence-electron chi connectivity index (χ0n) is 22.5. The Bertz CT molecular complexity index is 1390. The Balaban J connectivity index is 1.01. The Morgan fingerprint density at radius 2 is 1.49 bits per heavy atom. The molecule has 3 aromatic rings. The van der Waals surface area contributed by atoms with Gasteiger partial charge in [-0.25, -0.2) is 9.59 Å². The summed E-state index contributed by atoms with van der Waals surface area (Å²) in [5.41, 5.74) is 2.00. The summed E-state index contributed by atoms with van der Waals surface area (Å²) in [4.78, 5) is 51.5. The number of carbonyl (C=O) groups is 3. The zero-order valence-corrected chi connectivity index (χ0v) is 22.5. The van der Waals surface area contributed by atoms with E-state index in [0.29, 0.717) is 57.4 Å². The van der Waals surface area contributed by atoms with E-state index in [1.807, 2.05) is 66.7 Å². The van der Waals surface area contributed by atoms with E-state index in [4.69, 9.17) is 9.57 Å². The normalized spacial score (nSPS) is 19.4. The van der Waals surface area contributed by atoms with Gasteiger partial charge in [0.2, 0.25) is 0 Å². The molecule has 1 N–H and O–H groups in total. The number of ether oxygens (including phenoxy) is 1. The van der Waals surface area contributed by atoms with Crippen molar-refractivity contribution in [2.45, 2.75) is 12.6 Å². The smallest absolute Gasteiger partial charge is 0.434 e. The van der Waals surface area contributed by atoms with Crippen LogP contribution in [0, 0.1) is 0 Å². The Morgan fingerprint density at radius 3 is 2.20 bits per heavy atom. The molecule has 0 aliphatic carbocycles. The molecular weight excluding hydrogens is 526 g/mol. The van der Waals surface area contributed by atoms with Crippen molar-refractivity contribution in [1.82, 2.24) is 19.8 Å². The molecule has 3 aliphatic rings. The quantitative estimate of drug-likeness (QED) is 0.459. The van der Waals surface area contributed by atoms with E-state index in [9.17, 15) is 19.5 Å². The molecule has 212 valence electrons. The summed E-state index contributed by atoms with van der Waals surface area (Å²) >= 11 is 0. The molecule has 3 aliphatic heterocycles. The van der Waals surface area contributed by atoms with E-state index in [0.717, 1.165) is 22.7 Å². The van der Waals surface area contributed by atoms with Crippen LogP contribution in [-0.4, -0.2) is 94.8 Å². The van der Waals surface area contributed by atoms with Gasteiger partial charge >= 0.3 is 12.1 Å². The Labute approximate surface area is 237 Å². The topological polar surface area (TPSA) is 106 Å². The molecule has 6 rings (SSSR count). The fraction of sp³-hybridized carbons (Fsp3) is 0.300. The second-order valence-corrected chi connectivity index (χ2v) is 10.3. The molecule has 0 aromatic heterocycles. The molecule has 11 heteroatoms. The lowest BCUT2D eigenvalue weighted by atomic mass is 10.1. The number of hydroxylamine groups is 2. The van der Waals surface area contributed by atoms with Crippen LogP contribution in [0.3, 0.4) is 0 Å². The number of piperazine rings is 2. The first-order valence-electron chi connectivity index (χ1n) is 13.6. The third-order valence-electron chi connectivity index (χ3n) is 7.60. The lowest BCUT2D eigenvalue weighted by molar-refractivity contribution is -0.152. The number of rotatable bonds is 6. The van der Waals surface area contributed by atoms with Gasteiger partial charge in [0, 0.05) is 58.0 Å². The number of phenols is 1. The minimum Gasteiger partial charge on any atom is -0.508 e. The predicted molar refractivity (Wildman–Crippen MR) is 149 cm³/mol. The van der Waals surface area contributed by atoms with Crippen molar-refractivity contribution in [3.05, 3.63) is 84.4 Å². The highest BCUT2D eigenvalue weighted by atomic mass is 16.7. The van der Waals surface area contributed by atoms with Gasteiger partial charge in [-0.2, -0.15) is 0 Å². The van der Waals surface area contributed by atoms with E-state index in [1.165, 1.54) is 9.80 Å². The maximum atomic E-state index is 13.1. The fourth-order valence-corrected chi connectivity index (χ4v) is 5.35. The summed E-state index contributed by atoms with van der Waals surface area (Å²) in [7, 11) is 0. The highest BCUT2D eigenvalue weighted by Gasteiger charge is 2.50. The second-order valence-electron chi connectivity index (χ2n) is 10.3. The third kappa shape index (κ3) is 5.75. The first kappa shape index (κ1) is 26.5. The van der Waals surface area contributed by atoms with Gasteiger partial charge in [0.1, 0.15) is 23.3 Å². The van der Waals surface area contributed by atoms with Gasteiger partial charge in [0.15, 0.2) is 0 Å². The summed E-state index contributed by atoms with van der Waals surface area (Å²) in [5.74, 6) is 1.17. The van der Waals surface area contributed by atoms with Gasteiger partial charge < -0.3 is 29.4 Å². The van der Waals surface area contributed by atoms with Crippen LogP contribution in [0.1, 0.15) is 5.56 Å².